The van der Waals surface area contributed by atoms with Crippen LogP contribution in [0, 0.1) is 0 Å². The van der Waals surface area contributed by atoms with Gasteiger partial charge in [-0.05, 0) is 33.5 Å². The maximum atomic E-state index is 2.58. The Balaban J connectivity index is 4.20. The lowest BCUT2D eigenvalue weighted by Gasteiger charge is -2.38. The van der Waals surface area contributed by atoms with Crippen molar-refractivity contribution >= 4 is 8.07 Å². The molecule has 1 nitrogen and oxygen atoms in total. The third kappa shape index (κ3) is 4.94. The van der Waals surface area contributed by atoms with E-state index < -0.39 is 8.07 Å². The third-order valence-electron chi connectivity index (χ3n) is 2.00. The second-order valence-corrected chi connectivity index (χ2v) is 11.2. The Morgan fingerprint density at radius 2 is 1.50 bits per heavy atom. The fraction of sp³-hybridized carbons (Fsp3) is 1.00. The number of nitrogens with zero attached hydrogens (tertiary/aromatic N) is 1. The second-order valence-electron chi connectivity index (χ2n) is 5.75. The SMILES string of the molecule is CCN(C[Si](C)(C)C)C(C)(C)C. The lowest BCUT2D eigenvalue weighted by atomic mass is 10.1. The first-order valence-corrected chi connectivity index (χ1v) is 8.62. The Kier molecular flexibility index (Phi) is 3.98. The van der Waals surface area contributed by atoms with Gasteiger partial charge in [0.05, 0.1) is 8.07 Å². The zero-order chi connectivity index (χ0) is 9.99. The van der Waals surface area contributed by atoms with Crippen LogP contribution in [0.2, 0.25) is 19.6 Å². The number of hydrogen-bond acceptors (Lipinski definition) is 1. The summed E-state index contributed by atoms with van der Waals surface area (Å²) in [7, 11) is -0.925. The lowest BCUT2D eigenvalue weighted by molar-refractivity contribution is 0.170. The van der Waals surface area contributed by atoms with E-state index in [0.717, 1.165) is 0 Å². The largest absolute Gasteiger partial charge is 0.302 e. The molecule has 0 N–H and O–H groups in total. The monoisotopic (exact) mass is 187 g/mol. The zero-order valence-electron chi connectivity index (χ0n) is 9.86. The van der Waals surface area contributed by atoms with Gasteiger partial charge in [0, 0.05) is 5.54 Å². The van der Waals surface area contributed by atoms with Crippen LogP contribution in [0.3, 0.4) is 0 Å². The van der Waals surface area contributed by atoms with Crippen LogP contribution in [-0.2, 0) is 0 Å². The average Bonchev–Trinajstić information content (AvgIpc) is 1.78. The van der Waals surface area contributed by atoms with E-state index in [2.05, 4.69) is 52.2 Å². The first-order chi connectivity index (χ1) is 5.17. The van der Waals surface area contributed by atoms with Gasteiger partial charge < -0.3 is 4.90 Å². The molecule has 0 atom stereocenters. The summed E-state index contributed by atoms with van der Waals surface area (Å²) in [6.45, 7) is 17.6. The molecular formula is C10H25NSi. The van der Waals surface area contributed by atoms with E-state index in [1.807, 2.05) is 0 Å². The quantitative estimate of drug-likeness (QED) is 0.614. The van der Waals surface area contributed by atoms with E-state index in [4.69, 9.17) is 0 Å². The van der Waals surface area contributed by atoms with Crippen molar-refractivity contribution in [2.45, 2.75) is 52.9 Å². The van der Waals surface area contributed by atoms with Gasteiger partial charge in [-0.2, -0.15) is 0 Å². The van der Waals surface area contributed by atoms with Crippen molar-refractivity contribution in [3.05, 3.63) is 0 Å². The molecular weight excluding hydrogens is 162 g/mol. The van der Waals surface area contributed by atoms with Gasteiger partial charge in [-0.25, -0.2) is 0 Å². The predicted molar refractivity (Wildman–Crippen MR) is 60.3 cm³/mol. The van der Waals surface area contributed by atoms with E-state index in [9.17, 15) is 0 Å². The van der Waals surface area contributed by atoms with Gasteiger partial charge >= 0.3 is 0 Å². The van der Waals surface area contributed by atoms with E-state index >= 15 is 0 Å². The maximum absolute atomic E-state index is 2.58. The summed E-state index contributed by atoms with van der Waals surface area (Å²) in [5, 5.41) is 0. The molecule has 0 rings (SSSR count). The Morgan fingerprint density at radius 1 is 1.08 bits per heavy atom. The molecule has 0 aliphatic carbocycles. The molecule has 0 saturated heterocycles. The summed E-state index contributed by atoms with van der Waals surface area (Å²) in [4.78, 5) is 2.58. The predicted octanol–water partition coefficient (Wildman–Crippen LogP) is 2.98. The molecule has 0 aliphatic heterocycles. The summed E-state index contributed by atoms with van der Waals surface area (Å²) in [6, 6.07) is 0. The molecule has 0 radical (unpaired) electrons. The molecule has 0 fully saturated rings. The smallest absolute Gasteiger partial charge is 0.0599 e. The van der Waals surface area contributed by atoms with Crippen molar-refractivity contribution < 1.29 is 0 Å². The molecule has 0 unspecified atom stereocenters. The van der Waals surface area contributed by atoms with Gasteiger partial charge in [-0.1, -0.05) is 26.6 Å². The van der Waals surface area contributed by atoms with E-state index in [1.54, 1.807) is 0 Å². The minimum absolute atomic E-state index is 0.342. The van der Waals surface area contributed by atoms with Crippen molar-refractivity contribution in [2.75, 3.05) is 12.7 Å². The molecule has 0 aromatic rings. The normalized spacial score (nSPS) is 14.0. The zero-order valence-corrected chi connectivity index (χ0v) is 10.9. The third-order valence-corrected chi connectivity index (χ3v) is 3.33. The van der Waals surface area contributed by atoms with Crippen LogP contribution in [0.15, 0.2) is 0 Å². The van der Waals surface area contributed by atoms with Crippen molar-refractivity contribution in [1.82, 2.24) is 4.90 Å². The van der Waals surface area contributed by atoms with Crippen LogP contribution < -0.4 is 0 Å². The van der Waals surface area contributed by atoms with Crippen LogP contribution in [0.25, 0.3) is 0 Å². The molecule has 12 heavy (non-hydrogen) atoms. The summed E-state index contributed by atoms with van der Waals surface area (Å²) >= 11 is 0. The molecule has 0 heterocycles. The molecule has 0 bridgehead atoms. The Bertz CT molecular complexity index is 130. The number of hydrogen-bond donors (Lipinski definition) is 0. The molecule has 0 spiro atoms. The molecule has 2 heteroatoms. The highest BCUT2D eigenvalue weighted by Gasteiger charge is 2.25. The van der Waals surface area contributed by atoms with Crippen LogP contribution >= 0.6 is 0 Å². The van der Waals surface area contributed by atoms with Crippen LogP contribution in [0.4, 0.5) is 0 Å². The Hall–Kier alpha value is 0.177. The van der Waals surface area contributed by atoms with E-state index in [0.29, 0.717) is 5.54 Å². The molecule has 0 saturated carbocycles. The average molecular weight is 187 g/mol. The van der Waals surface area contributed by atoms with Crippen molar-refractivity contribution in [3.63, 3.8) is 0 Å². The minimum Gasteiger partial charge on any atom is -0.302 e. The molecule has 0 aliphatic rings. The highest BCUT2D eigenvalue weighted by molar-refractivity contribution is 6.76. The van der Waals surface area contributed by atoms with Crippen LogP contribution in [0.5, 0.6) is 0 Å². The molecule has 0 aromatic carbocycles. The molecule has 74 valence electrons. The minimum atomic E-state index is -0.925. The van der Waals surface area contributed by atoms with Crippen LogP contribution in [-0.4, -0.2) is 31.2 Å². The van der Waals surface area contributed by atoms with Gasteiger partial charge in [0.15, 0.2) is 0 Å². The summed E-state index contributed by atoms with van der Waals surface area (Å²) in [5.41, 5.74) is 0.342. The summed E-state index contributed by atoms with van der Waals surface area (Å²) in [5.74, 6) is 0. The van der Waals surface area contributed by atoms with Crippen molar-refractivity contribution in [2.24, 2.45) is 0 Å². The highest BCUT2D eigenvalue weighted by atomic mass is 28.3. The van der Waals surface area contributed by atoms with Gasteiger partial charge in [0.1, 0.15) is 0 Å². The van der Waals surface area contributed by atoms with Gasteiger partial charge in [0.2, 0.25) is 0 Å². The first kappa shape index (κ1) is 12.2. The number of rotatable bonds is 3. The molecule has 0 aromatic heterocycles. The Morgan fingerprint density at radius 3 is 1.58 bits per heavy atom. The van der Waals surface area contributed by atoms with Gasteiger partial charge in [0.25, 0.3) is 0 Å². The van der Waals surface area contributed by atoms with Gasteiger partial charge in [-0.15, -0.1) is 0 Å². The molecule has 0 amide bonds. The standard InChI is InChI=1S/C10H25NSi/c1-8-11(10(2,3)4)9-12(5,6)7/h8-9H2,1-7H3. The highest BCUT2D eigenvalue weighted by Crippen LogP contribution is 2.15. The summed E-state index contributed by atoms with van der Waals surface area (Å²) < 4.78 is 0. The van der Waals surface area contributed by atoms with E-state index in [-0.39, 0.29) is 0 Å². The van der Waals surface area contributed by atoms with Crippen LogP contribution in [0.1, 0.15) is 27.7 Å². The van der Waals surface area contributed by atoms with E-state index in [1.165, 1.54) is 12.7 Å². The topological polar surface area (TPSA) is 3.24 Å². The van der Waals surface area contributed by atoms with Gasteiger partial charge in [-0.3, -0.25) is 0 Å². The Labute approximate surface area is 79.2 Å². The summed E-state index contributed by atoms with van der Waals surface area (Å²) in [6.07, 6.45) is 1.31. The fourth-order valence-electron chi connectivity index (χ4n) is 1.40. The maximum Gasteiger partial charge on any atom is 0.0599 e. The lowest BCUT2D eigenvalue weighted by Crippen LogP contribution is -2.49. The van der Waals surface area contributed by atoms with Crippen molar-refractivity contribution in [1.29, 1.82) is 0 Å². The first-order valence-electron chi connectivity index (χ1n) is 4.92. The fourth-order valence-corrected chi connectivity index (χ4v) is 3.24. The second kappa shape index (κ2) is 3.92. The van der Waals surface area contributed by atoms with Crippen molar-refractivity contribution in [3.8, 4) is 0 Å².